The number of carbonyl (C=O) groups excluding carboxylic acids is 2. The van der Waals surface area contributed by atoms with Crippen molar-refractivity contribution in [2.24, 2.45) is 0 Å². The Labute approximate surface area is 115 Å². The molecule has 98 valence electrons. The van der Waals surface area contributed by atoms with Gasteiger partial charge in [0.15, 0.2) is 0 Å². The molecule has 0 aliphatic heterocycles. The van der Waals surface area contributed by atoms with Crippen molar-refractivity contribution in [3.8, 4) is 0 Å². The van der Waals surface area contributed by atoms with Crippen LogP contribution in [-0.2, 0) is 20.7 Å². The van der Waals surface area contributed by atoms with Crippen LogP contribution in [0.5, 0.6) is 0 Å². The second-order valence-corrected chi connectivity index (χ2v) is 4.54. The smallest absolute Gasteiger partial charge is 0.328 e. The fourth-order valence-electron chi connectivity index (χ4n) is 1.48. The summed E-state index contributed by atoms with van der Waals surface area (Å²) in [4.78, 5) is 22.5. The molecular formula is C12H13Cl2NO3. The van der Waals surface area contributed by atoms with Crippen LogP contribution in [0.4, 0.5) is 0 Å². The second kappa shape index (κ2) is 6.61. The van der Waals surface area contributed by atoms with Gasteiger partial charge in [-0.3, -0.25) is 4.79 Å². The summed E-state index contributed by atoms with van der Waals surface area (Å²) in [6, 6.07) is 4.30. The fourth-order valence-corrected chi connectivity index (χ4v) is 1.80. The van der Waals surface area contributed by atoms with E-state index in [2.05, 4.69) is 10.1 Å². The Bertz CT molecular complexity index is 463. The van der Waals surface area contributed by atoms with Gasteiger partial charge in [-0.05, 0) is 17.7 Å². The Hall–Kier alpha value is -1.26. The SMILES string of the molecule is COC(=O)[C@H](Cc1ccc(Cl)c(Cl)c1)NC(C)=O. The summed E-state index contributed by atoms with van der Waals surface area (Å²) < 4.78 is 4.63. The highest BCUT2D eigenvalue weighted by atomic mass is 35.5. The van der Waals surface area contributed by atoms with E-state index in [-0.39, 0.29) is 5.91 Å². The van der Waals surface area contributed by atoms with Crippen LogP contribution in [0, 0.1) is 0 Å². The first-order valence-corrected chi connectivity index (χ1v) is 5.98. The van der Waals surface area contributed by atoms with Gasteiger partial charge in [0, 0.05) is 13.3 Å². The van der Waals surface area contributed by atoms with Crippen LogP contribution in [0.3, 0.4) is 0 Å². The number of hydrogen-bond acceptors (Lipinski definition) is 3. The van der Waals surface area contributed by atoms with Gasteiger partial charge >= 0.3 is 5.97 Å². The van der Waals surface area contributed by atoms with E-state index in [1.165, 1.54) is 14.0 Å². The summed E-state index contributed by atoms with van der Waals surface area (Å²) in [6.07, 6.45) is 0.295. The standard InChI is InChI=1S/C12H13Cl2NO3/c1-7(16)15-11(12(17)18-2)6-8-3-4-9(13)10(14)5-8/h3-5,11H,6H2,1-2H3,(H,15,16)/t11-/m0/s1. The molecule has 1 aromatic rings. The first-order chi connectivity index (χ1) is 8.43. The number of esters is 1. The first-order valence-electron chi connectivity index (χ1n) is 5.23. The third-order valence-corrected chi connectivity index (χ3v) is 3.03. The Morgan fingerprint density at radius 2 is 2.00 bits per heavy atom. The second-order valence-electron chi connectivity index (χ2n) is 3.73. The largest absolute Gasteiger partial charge is 0.467 e. The van der Waals surface area contributed by atoms with Gasteiger partial charge in [-0.1, -0.05) is 29.3 Å². The predicted molar refractivity (Wildman–Crippen MR) is 69.8 cm³/mol. The van der Waals surface area contributed by atoms with E-state index in [9.17, 15) is 9.59 Å². The molecule has 0 heterocycles. The van der Waals surface area contributed by atoms with Crippen LogP contribution < -0.4 is 5.32 Å². The Morgan fingerprint density at radius 1 is 1.33 bits per heavy atom. The third kappa shape index (κ3) is 4.20. The maximum absolute atomic E-state index is 11.5. The van der Waals surface area contributed by atoms with Crippen molar-refractivity contribution >= 4 is 35.1 Å². The molecule has 0 aliphatic carbocycles. The summed E-state index contributed by atoms with van der Waals surface area (Å²) in [5.74, 6) is -0.804. The zero-order valence-corrected chi connectivity index (χ0v) is 11.5. The minimum Gasteiger partial charge on any atom is -0.467 e. The number of methoxy groups -OCH3 is 1. The van der Waals surface area contributed by atoms with Crippen LogP contribution >= 0.6 is 23.2 Å². The monoisotopic (exact) mass is 289 g/mol. The average molecular weight is 290 g/mol. The number of hydrogen-bond donors (Lipinski definition) is 1. The summed E-state index contributed by atoms with van der Waals surface area (Å²) in [7, 11) is 1.27. The third-order valence-electron chi connectivity index (χ3n) is 2.29. The zero-order chi connectivity index (χ0) is 13.7. The Morgan fingerprint density at radius 3 is 2.50 bits per heavy atom. The molecule has 1 amide bonds. The molecule has 0 unspecified atom stereocenters. The summed E-state index contributed by atoms with van der Waals surface area (Å²) >= 11 is 11.7. The molecule has 18 heavy (non-hydrogen) atoms. The fraction of sp³-hybridized carbons (Fsp3) is 0.333. The van der Waals surface area contributed by atoms with Gasteiger partial charge in [0.2, 0.25) is 5.91 Å². The molecule has 0 fully saturated rings. The molecule has 4 nitrogen and oxygen atoms in total. The average Bonchev–Trinajstić information content (AvgIpc) is 2.31. The molecule has 1 aromatic carbocycles. The van der Waals surface area contributed by atoms with Gasteiger partial charge in [-0.25, -0.2) is 4.79 Å². The van der Waals surface area contributed by atoms with Gasteiger partial charge in [-0.2, -0.15) is 0 Å². The van der Waals surface area contributed by atoms with Crippen molar-refractivity contribution in [2.45, 2.75) is 19.4 Å². The van der Waals surface area contributed by atoms with Crippen LogP contribution in [-0.4, -0.2) is 25.0 Å². The van der Waals surface area contributed by atoms with E-state index >= 15 is 0 Å². The lowest BCUT2D eigenvalue weighted by atomic mass is 10.1. The molecule has 0 saturated heterocycles. The lowest BCUT2D eigenvalue weighted by molar-refractivity contribution is -0.144. The number of halogens is 2. The molecular weight excluding hydrogens is 277 g/mol. The molecule has 1 atom stereocenters. The van der Waals surface area contributed by atoms with Crippen molar-refractivity contribution in [1.82, 2.24) is 5.32 Å². The van der Waals surface area contributed by atoms with Gasteiger partial charge < -0.3 is 10.1 Å². The molecule has 0 bridgehead atoms. The van der Waals surface area contributed by atoms with Crippen molar-refractivity contribution in [1.29, 1.82) is 0 Å². The number of nitrogens with one attached hydrogen (secondary N) is 1. The van der Waals surface area contributed by atoms with E-state index in [4.69, 9.17) is 23.2 Å². The minimum atomic E-state index is -0.732. The molecule has 1 N–H and O–H groups in total. The predicted octanol–water partition coefficient (Wildman–Crippen LogP) is 2.21. The van der Waals surface area contributed by atoms with Crippen LogP contribution in [0.15, 0.2) is 18.2 Å². The lowest BCUT2D eigenvalue weighted by Crippen LogP contribution is -2.41. The number of benzene rings is 1. The highest BCUT2D eigenvalue weighted by molar-refractivity contribution is 6.42. The number of ether oxygens (including phenoxy) is 1. The maximum Gasteiger partial charge on any atom is 0.328 e. The van der Waals surface area contributed by atoms with E-state index in [1.807, 2.05) is 0 Å². The van der Waals surface area contributed by atoms with Gasteiger partial charge in [0.1, 0.15) is 6.04 Å². The molecule has 6 heteroatoms. The lowest BCUT2D eigenvalue weighted by Gasteiger charge is -2.15. The molecule has 0 radical (unpaired) electrons. The van der Waals surface area contributed by atoms with Crippen molar-refractivity contribution in [2.75, 3.05) is 7.11 Å². The molecule has 0 spiro atoms. The summed E-state index contributed by atoms with van der Waals surface area (Å²) in [6.45, 7) is 1.34. The summed E-state index contributed by atoms with van der Waals surface area (Å²) in [5.41, 5.74) is 0.786. The van der Waals surface area contributed by atoms with Gasteiger partial charge in [-0.15, -0.1) is 0 Å². The molecule has 1 rings (SSSR count). The number of amides is 1. The van der Waals surface area contributed by atoms with E-state index in [1.54, 1.807) is 18.2 Å². The number of rotatable bonds is 4. The highest BCUT2D eigenvalue weighted by Gasteiger charge is 2.20. The quantitative estimate of drug-likeness (QED) is 0.865. The van der Waals surface area contributed by atoms with Crippen LogP contribution in [0.2, 0.25) is 10.0 Å². The van der Waals surface area contributed by atoms with Crippen molar-refractivity contribution < 1.29 is 14.3 Å². The Kier molecular flexibility index (Phi) is 5.44. The van der Waals surface area contributed by atoms with Crippen molar-refractivity contribution in [3.63, 3.8) is 0 Å². The maximum atomic E-state index is 11.5. The highest BCUT2D eigenvalue weighted by Crippen LogP contribution is 2.23. The van der Waals surface area contributed by atoms with Crippen molar-refractivity contribution in [3.05, 3.63) is 33.8 Å². The van der Waals surface area contributed by atoms with E-state index in [0.29, 0.717) is 16.5 Å². The topological polar surface area (TPSA) is 55.4 Å². The minimum absolute atomic E-state index is 0.295. The zero-order valence-electron chi connectivity index (χ0n) is 10.00. The van der Waals surface area contributed by atoms with E-state index < -0.39 is 12.0 Å². The molecule has 0 aromatic heterocycles. The van der Waals surface area contributed by atoms with Crippen LogP contribution in [0.1, 0.15) is 12.5 Å². The van der Waals surface area contributed by atoms with E-state index in [0.717, 1.165) is 5.56 Å². The van der Waals surface area contributed by atoms with Crippen LogP contribution in [0.25, 0.3) is 0 Å². The van der Waals surface area contributed by atoms with Gasteiger partial charge in [0.05, 0.1) is 17.2 Å². The first kappa shape index (κ1) is 14.8. The molecule has 0 aliphatic rings. The number of carbonyl (C=O) groups is 2. The molecule has 0 saturated carbocycles. The van der Waals surface area contributed by atoms with Gasteiger partial charge in [0.25, 0.3) is 0 Å². The normalized spacial score (nSPS) is 11.8. The Balaban J connectivity index is 2.85. The summed E-state index contributed by atoms with van der Waals surface area (Å²) in [5, 5.41) is 3.37.